The van der Waals surface area contributed by atoms with Crippen LogP contribution in [0.2, 0.25) is 0 Å². The van der Waals surface area contributed by atoms with Crippen molar-refractivity contribution in [3.8, 4) is 0 Å². The zero-order valence-corrected chi connectivity index (χ0v) is 13.2. The highest BCUT2D eigenvalue weighted by atomic mass is 32.2. The topological polar surface area (TPSA) is 60.4 Å². The van der Waals surface area contributed by atoms with E-state index >= 15 is 0 Å². The van der Waals surface area contributed by atoms with Crippen molar-refractivity contribution in [2.45, 2.75) is 24.8 Å². The Labute approximate surface area is 132 Å². The van der Waals surface area contributed by atoms with Gasteiger partial charge < -0.3 is 0 Å². The molecule has 0 spiro atoms. The van der Waals surface area contributed by atoms with E-state index in [1.807, 2.05) is 0 Å². The smallest absolute Gasteiger partial charge is 0.291 e. The number of aryl methyl sites for hydroxylation is 1. The summed E-state index contributed by atoms with van der Waals surface area (Å²) in [6.07, 6.45) is -1.44. The fourth-order valence-electron chi connectivity index (χ4n) is 1.90. The predicted molar refractivity (Wildman–Crippen MR) is 79.6 cm³/mol. The third kappa shape index (κ3) is 4.00. The number of carbonyl (C=O) groups excluding carboxylic acids is 1. The number of carbonyl (C=O) groups is 1. The van der Waals surface area contributed by atoms with Gasteiger partial charge in [0, 0.05) is 6.07 Å². The molecule has 0 aliphatic carbocycles. The van der Waals surface area contributed by atoms with E-state index < -0.39 is 39.2 Å². The molecule has 0 N–H and O–H groups in total. The molecule has 23 heavy (non-hydrogen) atoms. The van der Waals surface area contributed by atoms with Crippen LogP contribution in [0.5, 0.6) is 0 Å². The van der Waals surface area contributed by atoms with Crippen LogP contribution in [0.1, 0.15) is 22.8 Å². The van der Waals surface area contributed by atoms with Crippen LogP contribution in [0.25, 0.3) is 0 Å². The third-order valence-corrected chi connectivity index (χ3v) is 4.54. The predicted octanol–water partition coefficient (Wildman–Crippen LogP) is 3.25. The number of Topliss-reactive ketones (excluding diaryl/α,β-unsaturated/α-hetero) is 1. The highest BCUT2D eigenvalue weighted by Gasteiger charge is 2.26. The lowest BCUT2D eigenvalue weighted by Gasteiger charge is -2.13. The van der Waals surface area contributed by atoms with E-state index in [-0.39, 0.29) is 4.90 Å². The summed E-state index contributed by atoms with van der Waals surface area (Å²) in [5.41, 5.74) is 0.430. The molecule has 4 nitrogen and oxygen atoms in total. The molecule has 2 aromatic rings. The summed E-state index contributed by atoms with van der Waals surface area (Å²) in [5.74, 6) is -2.80. The Kier molecular flexibility index (Phi) is 4.91. The van der Waals surface area contributed by atoms with Crippen molar-refractivity contribution < 1.29 is 26.2 Å². The summed E-state index contributed by atoms with van der Waals surface area (Å²) in [6.45, 7) is 2.98. The molecule has 0 aliphatic rings. The summed E-state index contributed by atoms with van der Waals surface area (Å²) >= 11 is 0. The first-order valence-corrected chi connectivity index (χ1v) is 8.11. The van der Waals surface area contributed by atoms with Gasteiger partial charge in [-0.15, -0.1) is 0 Å². The van der Waals surface area contributed by atoms with Gasteiger partial charge in [0.15, 0.2) is 5.78 Å². The number of rotatable bonds is 5. The van der Waals surface area contributed by atoms with Crippen molar-refractivity contribution >= 4 is 15.9 Å². The molecule has 0 amide bonds. The molecular weight excluding hydrogens is 326 g/mol. The highest BCUT2D eigenvalue weighted by Crippen LogP contribution is 2.18. The lowest BCUT2D eigenvalue weighted by molar-refractivity contribution is 0.0821. The minimum absolute atomic E-state index is 0.109. The van der Waals surface area contributed by atoms with Gasteiger partial charge in [-0.25, -0.2) is 8.78 Å². The van der Waals surface area contributed by atoms with E-state index in [4.69, 9.17) is 4.18 Å². The van der Waals surface area contributed by atoms with Crippen LogP contribution in [0, 0.1) is 18.6 Å². The quantitative estimate of drug-likeness (QED) is 0.619. The zero-order valence-electron chi connectivity index (χ0n) is 12.4. The van der Waals surface area contributed by atoms with Gasteiger partial charge in [0.1, 0.15) is 17.7 Å². The maximum atomic E-state index is 13.6. The van der Waals surface area contributed by atoms with Crippen LogP contribution in [0.3, 0.4) is 0 Å². The molecule has 1 atom stereocenters. The number of benzene rings is 2. The monoisotopic (exact) mass is 340 g/mol. The van der Waals surface area contributed by atoms with Gasteiger partial charge in [-0.05, 0) is 38.1 Å². The Morgan fingerprint density at radius 3 is 2.26 bits per heavy atom. The maximum Gasteiger partial charge on any atom is 0.297 e. The Hall–Kier alpha value is -2.12. The molecule has 0 aliphatic heterocycles. The second-order valence-electron chi connectivity index (χ2n) is 4.99. The van der Waals surface area contributed by atoms with Crippen molar-refractivity contribution in [3.63, 3.8) is 0 Å². The largest absolute Gasteiger partial charge is 0.297 e. The molecule has 0 fully saturated rings. The minimum atomic E-state index is -4.17. The van der Waals surface area contributed by atoms with Gasteiger partial charge in [-0.2, -0.15) is 8.42 Å². The van der Waals surface area contributed by atoms with Crippen LogP contribution >= 0.6 is 0 Å². The first-order chi connectivity index (χ1) is 10.7. The molecule has 2 aromatic carbocycles. The molecule has 0 saturated heterocycles. The van der Waals surface area contributed by atoms with Crippen LogP contribution < -0.4 is 0 Å². The lowest BCUT2D eigenvalue weighted by Crippen LogP contribution is -2.25. The number of ketones is 1. The molecule has 0 radical (unpaired) electrons. The second-order valence-corrected chi connectivity index (χ2v) is 6.57. The van der Waals surface area contributed by atoms with Crippen molar-refractivity contribution in [1.82, 2.24) is 0 Å². The van der Waals surface area contributed by atoms with E-state index in [0.717, 1.165) is 17.7 Å². The zero-order chi connectivity index (χ0) is 17.2. The first-order valence-electron chi connectivity index (χ1n) is 6.70. The molecule has 2 rings (SSSR count). The summed E-state index contributed by atoms with van der Waals surface area (Å²) < 4.78 is 55.5. The summed E-state index contributed by atoms with van der Waals surface area (Å²) in [7, 11) is -4.17. The average Bonchev–Trinajstić information content (AvgIpc) is 2.46. The second kappa shape index (κ2) is 6.55. The SMILES string of the molecule is Cc1ccc(S(=O)(=O)O[C@@H](C)C(=O)c2ccc(F)cc2F)cc1. The lowest BCUT2D eigenvalue weighted by atomic mass is 10.1. The molecule has 0 aromatic heterocycles. The molecule has 0 heterocycles. The Bertz CT molecular complexity index is 830. The van der Waals surface area contributed by atoms with Crippen LogP contribution in [-0.4, -0.2) is 20.3 Å². The maximum absolute atomic E-state index is 13.6. The minimum Gasteiger partial charge on any atom is -0.291 e. The highest BCUT2D eigenvalue weighted by molar-refractivity contribution is 7.86. The van der Waals surface area contributed by atoms with Crippen molar-refractivity contribution in [2.75, 3.05) is 0 Å². The van der Waals surface area contributed by atoms with Crippen molar-refractivity contribution in [1.29, 1.82) is 0 Å². The Balaban J connectivity index is 2.22. The average molecular weight is 340 g/mol. The molecular formula is C16H14F2O4S. The van der Waals surface area contributed by atoms with E-state index in [1.54, 1.807) is 19.1 Å². The normalized spacial score (nSPS) is 12.9. The van der Waals surface area contributed by atoms with Gasteiger partial charge in [0.25, 0.3) is 10.1 Å². The Morgan fingerprint density at radius 1 is 1.09 bits per heavy atom. The van der Waals surface area contributed by atoms with Crippen LogP contribution in [0.15, 0.2) is 47.4 Å². The summed E-state index contributed by atoms with van der Waals surface area (Å²) in [4.78, 5) is 12.0. The fourth-order valence-corrected chi connectivity index (χ4v) is 2.95. The fraction of sp³-hybridized carbons (Fsp3) is 0.188. The summed E-state index contributed by atoms with van der Waals surface area (Å²) in [6, 6.07) is 8.28. The van der Waals surface area contributed by atoms with E-state index in [0.29, 0.717) is 6.07 Å². The van der Waals surface area contributed by atoms with Crippen molar-refractivity contribution in [3.05, 3.63) is 65.2 Å². The third-order valence-electron chi connectivity index (χ3n) is 3.15. The van der Waals surface area contributed by atoms with Crippen molar-refractivity contribution in [2.24, 2.45) is 0 Å². The molecule has 122 valence electrons. The van der Waals surface area contributed by atoms with E-state index in [2.05, 4.69) is 0 Å². The van der Waals surface area contributed by atoms with Gasteiger partial charge in [-0.1, -0.05) is 17.7 Å². The van der Waals surface area contributed by atoms with Crippen LogP contribution in [-0.2, 0) is 14.3 Å². The number of halogens is 2. The van der Waals surface area contributed by atoms with Gasteiger partial charge >= 0.3 is 0 Å². The molecule has 0 saturated carbocycles. The Morgan fingerprint density at radius 2 is 1.70 bits per heavy atom. The van der Waals surface area contributed by atoms with Crippen LogP contribution in [0.4, 0.5) is 8.78 Å². The van der Waals surface area contributed by atoms with Gasteiger partial charge in [0.05, 0.1) is 10.5 Å². The van der Waals surface area contributed by atoms with Gasteiger partial charge in [0.2, 0.25) is 0 Å². The summed E-state index contributed by atoms with van der Waals surface area (Å²) in [5, 5.41) is 0. The molecule has 7 heteroatoms. The number of hydrogen-bond donors (Lipinski definition) is 0. The molecule has 0 bridgehead atoms. The number of hydrogen-bond acceptors (Lipinski definition) is 4. The standard InChI is InChI=1S/C16H14F2O4S/c1-10-3-6-13(7-4-10)23(20,21)22-11(2)16(19)14-8-5-12(17)9-15(14)18/h3-9,11H,1-2H3/t11-/m0/s1. The molecule has 0 unspecified atom stereocenters. The van der Waals surface area contributed by atoms with Gasteiger partial charge in [-0.3, -0.25) is 8.98 Å². The first kappa shape index (κ1) is 17.2. The van der Waals surface area contributed by atoms with E-state index in [1.165, 1.54) is 19.1 Å². The van der Waals surface area contributed by atoms with E-state index in [9.17, 15) is 22.0 Å².